The van der Waals surface area contributed by atoms with Gasteiger partial charge in [0, 0.05) is 18.5 Å². The predicted molar refractivity (Wildman–Crippen MR) is 94.8 cm³/mol. The third kappa shape index (κ3) is 5.08. The summed E-state index contributed by atoms with van der Waals surface area (Å²) in [6, 6.07) is 12.5. The van der Waals surface area contributed by atoms with Gasteiger partial charge in [0.15, 0.2) is 5.78 Å². The first-order valence-corrected chi connectivity index (χ1v) is 8.72. The second kappa shape index (κ2) is 7.70. The number of carbonyl (C=O) groups excluding carboxylic acids is 1. The normalized spacial score (nSPS) is 11.6. The molecule has 22 heavy (non-hydrogen) atoms. The first-order valence-electron chi connectivity index (χ1n) is 7.84. The summed E-state index contributed by atoms with van der Waals surface area (Å²) in [7, 11) is 0. The molecule has 3 heteroatoms. The van der Waals surface area contributed by atoms with Gasteiger partial charge in [-0.1, -0.05) is 30.3 Å². The third-order valence-corrected chi connectivity index (χ3v) is 5.01. The van der Waals surface area contributed by atoms with E-state index in [4.69, 9.17) is 0 Å². The highest BCUT2D eigenvalue weighted by molar-refractivity contribution is 7.12. The molecule has 118 valence electrons. The smallest absolute Gasteiger partial charge is 0.174 e. The Hall–Kier alpha value is -1.45. The van der Waals surface area contributed by atoms with Crippen LogP contribution in [0.3, 0.4) is 0 Å². The van der Waals surface area contributed by atoms with Gasteiger partial charge in [0.25, 0.3) is 0 Å². The highest BCUT2D eigenvalue weighted by Gasteiger charge is 2.18. The van der Waals surface area contributed by atoms with Gasteiger partial charge in [-0.25, -0.2) is 0 Å². The minimum Gasteiger partial charge on any atom is -0.311 e. The molecule has 0 saturated carbocycles. The fraction of sp³-hybridized carbons (Fsp3) is 0.421. The quantitative estimate of drug-likeness (QED) is 0.720. The fourth-order valence-corrected chi connectivity index (χ4v) is 3.37. The van der Waals surface area contributed by atoms with Crippen LogP contribution in [0, 0.1) is 6.92 Å². The molecule has 0 aliphatic heterocycles. The number of hydrogen-bond acceptors (Lipinski definition) is 3. The van der Waals surface area contributed by atoms with Gasteiger partial charge in [-0.15, -0.1) is 11.3 Å². The Bertz CT molecular complexity index is 601. The van der Waals surface area contributed by atoms with E-state index in [0.29, 0.717) is 6.42 Å². The summed E-state index contributed by atoms with van der Waals surface area (Å²) < 4.78 is 0. The van der Waals surface area contributed by atoms with Gasteiger partial charge in [0.1, 0.15) is 0 Å². The van der Waals surface area contributed by atoms with Crippen molar-refractivity contribution in [1.82, 2.24) is 5.32 Å². The van der Waals surface area contributed by atoms with Crippen LogP contribution in [0.1, 0.15) is 47.5 Å². The van der Waals surface area contributed by atoms with Crippen LogP contribution in [0.15, 0.2) is 41.8 Å². The Morgan fingerprint density at radius 1 is 1.18 bits per heavy atom. The van der Waals surface area contributed by atoms with Crippen LogP contribution in [0.4, 0.5) is 0 Å². The van der Waals surface area contributed by atoms with Crippen molar-refractivity contribution >= 4 is 17.1 Å². The van der Waals surface area contributed by atoms with Gasteiger partial charge in [-0.3, -0.25) is 4.79 Å². The van der Waals surface area contributed by atoms with E-state index in [1.54, 1.807) is 11.3 Å². The average molecular weight is 315 g/mol. The van der Waals surface area contributed by atoms with E-state index >= 15 is 0 Å². The Morgan fingerprint density at radius 3 is 2.55 bits per heavy atom. The number of carbonyl (C=O) groups is 1. The van der Waals surface area contributed by atoms with Crippen LogP contribution in [-0.4, -0.2) is 17.9 Å². The van der Waals surface area contributed by atoms with E-state index in [9.17, 15) is 4.79 Å². The number of thiophene rings is 1. The minimum atomic E-state index is 0.0423. The lowest BCUT2D eigenvalue weighted by Crippen LogP contribution is -2.40. The largest absolute Gasteiger partial charge is 0.311 e. The molecule has 1 N–H and O–H groups in total. The summed E-state index contributed by atoms with van der Waals surface area (Å²) in [6.45, 7) is 7.15. The van der Waals surface area contributed by atoms with Gasteiger partial charge in [0.05, 0.1) is 4.88 Å². The average Bonchev–Trinajstić information content (AvgIpc) is 2.92. The number of ketones is 1. The van der Waals surface area contributed by atoms with E-state index in [-0.39, 0.29) is 11.3 Å². The van der Waals surface area contributed by atoms with Crippen molar-refractivity contribution in [2.24, 2.45) is 0 Å². The number of nitrogens with one attached hydrogen (secondary N) is 1. The molecule has 2 aromatic rings. The maximum Gasteiger partial charge on any atom is 0.174 e. The Balaban J connectivity index is 1.75. The zero-order chi connectivity index (χ0) is 16.0. The van der Waals surface area contributed by atoms with Crippen molar-refractivity contribution < 1.29 is 4.79 Å². The predicted octanol–water partition coefficient (Wildman–Crippen LogP) is 4.63. The summed E-state index contributed by atoms with van der Waals surface area (Å²) in [5.74, 6) is 0.249. The molecule has 0 saturated heterocycles. The molecule has 1 aromatic heterocycles. The van der Waals surface area contributed by atoms with E-state index in [1.807, 2.05) is 24.4 Å². The van der Waals surface area contributed by atoms with Crippen LogP contribution in [0.2, 0.25) is 0 Å². The van der Waals surface area contributed by atoms with Crippen molar-refractivity contribution in [3.05, 3.63) is 57.8 Å². The maximum absolute atomic E-state index is 12.2. The van der Waals surface area contributed by atoms with E-state index in [2.05, 4.69) is 43.4 Å². The molecule has 0 unspecified atom stereocenters. The standard InChI is InChI=1S/C19H25NOS/c1-15-11-14-22-18(15)17(21)10-13-20-19(2,3)12-9-16-7-5-4-6-8-16/h4-8,11,14,20H,9-10,12-13H2,1-3H3. The molecule has 1 aromatic carbocycles. The van der Waals surface area contributed by atoms with Crippen LogP contribution >= 0.6 is 11.3 Å². The summed E-state index contributed by atoms with van der Waals surface area (Å²) in [5.41, 5.74) is 2.50. The van der Waals surface area contributed by atoms with E-state index < -0.39 is 0 Å². The fourth-order valence-electron chi connectivity index (χ4n) is 2.48. The van der Waals surface area contributed by atoms with Crippen molar-refractivity contribution in [3.8, 4) is 0 Å². The van der Waals surface area contributed by atoms with Gasteiger partial charge in [-0.2, -0.15) is 0 Å². The topological polar surface area (TPSA) is 29.1 Å². The van der Waals surface area contributed by atoms with Gasteiger partial charge >= 0.3 is 0 Å². The van der Waals surface area contributed by atoms with E-state index in [1.165, 1.54) is 5.56 Å². The molecule has 1 heterocycles. The van der Waals surface area contributed by atoms with Crippen LogP contribution in [0.5, 0.6) is 0 Å². The molecule has 0 aliphatic carbocycles. The van der Waals surface area contributed by atoms with Crippen LogP contribution in [-0.2, 0) is 6.42 Å². The Kier molecular flexibility index (Phi) is 5.92. The summed E-state index contributed by atoms with van der Waals surface area (Å²) in [6.07, 6.45) is 2.68. The van der Waals surface area contributed by atoms with Crippen molar-refractivity contribution in [3.63, 3.8) is 0 Å². The number of aryl methyl sites for hydroxylation is 2. The van der Waals surface area contributed by atoms with Gasteiger partial charge in [0.2, 0.25) is 0 Å². The second-order valence-electron chi connectivity index (χ2n) is 6.40. The zero-order valence-electron chi connectivity index (χ0n) is 13.7. The van der Waals surface area contributed by atoms with Crippen molar-refractivity contribution in [2.75, 3.05) is 6.54 Å². The van der Waals surface area contributed by atoms with Crippen LogP contribution in [0.25, 0.3) is 0 Å². The highest BCUT2D eigenvalue weighted by Crippen LogP contribution is 2.18. The number of hydrogen-bond donors (Lipinski definition) is 1. The molecule has 0 amide bonds. The van der Waals surface area contributed by atoms with Gasteiger partial charge in [-0.05, 0) is 56.2 Å². The molecule has 2 nitrogen and oxygen atoms in total. The van der Waals surface area contributed by atoms with Crippen molar-refractivity contribution in [2.45, 2.75) is 45.6 Å². The molecular weight excluding hydrogens is 290 g/mol. The molecule has 2 rings (SSSR count). The molecule has 0 fully saturated rings. The molecular formula is C19H25NOS. The molecule has 0 bridgehead atoms. The lowest BCUT2D eigenvalue weighted by atomic mass is 9.95. The molecule has 0 radical (unpaired) electrons. The Morgan fingerprint density at radius 2 is 1.91 bits per heavy atom. The number of rotatable bonds is 8. The zero-order valence-corrected chi connectivity index (χ0v) is 14.5. The first kappa shape index (κ1) is 16.9. The van der Waals surface area contributed by atoms with Crippen molar-refractivity contribution in [1.29, 1.82) is 0 Å². The third-order valence-electron chi connectivity index (χ3n) is 3.95. The lowest BCUT2D eigenvalue weighted by Gasteiger charge is -2.26. The molecule has 0 spiro atoms. The number of Topliss-reactive ketones (excluding diaryl/α,β-unsaturated/α-hetero) is 1. The SMILES string of the molecule is Cc1ccsc1C(=O)CCNC(C)(C)CCc1ccccc1. The summed E-state index contributed by atoms with van der Waals surface area (Å²) >= 11 is 1.55. The molecule has 0 aliphatic rings. The minimum absolute atomic E-state index is 0.0423. The lowest BCUT2D eigenvalue weighted by molar-refractivity contribution is 0.0983. The maximum atomic E-state index is 12.2. The first-order chi connectivity index (χ1) is 10.5. The molecule has 0 atom stereocenters. The Labute approximate surface area is 137 Å². The monoisotopic (exact) mass is 315 g/mol. The van der Waals surface area contributed by atoms with Crippen LogP contribution < -0.4 is 5.32 Å². The summed E-state index contributed by atoms with van der Waals surface area (Å²) in [4.78, 5) is 13.1. The van der Waals surface area contributed by atoms with Gasteiger partial charge < -0.3 is 5.32 Å². The summed E-state index contributed by atoms with van der Waals surface area (Å²) in [5, 5.41) is 5.51. The second-order valence-corrected chi connectivity index (χ2v) is 7.32. The van der Waals surface area contributed by atoms with E-state index in [0.717, 1.165) is 29.8 Å². The highest BCUT2D eigenvalue weighted by atomic mass is 32.1. The number of benzene rings is 1.